The van der Waals surface area contributed by atoms with Crippen LogP contribution in [0.3, 0.4) is 0 Å². The van der Waals surface area contributed by atoms with Gasteiger partial charge in [0.2, 0.25) is 0 Å². The monoisotopic (exact) mass is 183 g/mol. The van der Waals surface area contributed by atoms with Gasteiger partial charge < -0.3 is 14.8 Å². The first kappa shape index (κ1) is 8.88. The van der Waals surface area contributed by atoms with E-state index in [1.54, 1.807) is 6.26 Å². The summed E-state index contributed by atoms with van der Waals surface area (Å²) in [6, 6.07) is 0. The van der Waals surface area contributed by atoms with Crippen molar-refractivity contribution >= 4 is 0 Å². The van der Waals surface area contributed by atoms with Crippen molar-refractivity contribution in [2.45, 2.75) is 31.8 Å². The van der Waals surface area contributed by atoms with E-state index in [9.17, 15) is 0 Å². The lowest BCUT2D eigenvalue weighted by Gasteiger charge is -2.26. The van der Waals surface area contributed by atoms with Crippen molar-refractivity contribution in [3.8, 4) is 0 Å². The summed E-state index contributed by atoms with van der Waals surface area (Å²) in [5, 5.41) is 3.32. The van der Waals surface area contributed by atoms with E-state index in [1.807, 2.05) is 0 Å². The van der Waals surface area contributed by atoms with E-state index in [0.29, 0.717) is 6.10 Å². The first-order valence-electron chi connectivity index (χ1n) is 5.13. The number of allylic oxidation sites excluding steroid dienone is 1. The number of nitrogens with one attached hydrogen (secondary N) is 1. The molecule has 3 nitrogen and oxygen atoms in total. The lowest BCUT2D eigenvalue weighted by Crippen LogP contribution is -2.32. The molecule has 13 heavy (non-hydrogen) atoms. The lowest BCUT2D eigenvalue weighted by molar-refractivity contribution is 0.0603. The van der Waals surface area contributed by atoms with Crippen LogP contribution in [0.5, 0.6) is 0 Å². The maximum atomic E-state index is 5.83. The molecule has 3 heteroatoms. The Morgan fingerprint density at radius 1 is 1.38 bits per heavy atom. The Kier molecular flexibility index (Phi) is 3.08. The Morgan fingerprint density at radius 2 is 2.23 bits per heavy atom. The number of hydrogen-bond acceptors (Lipinski definition) is 3. The second kappa shape index (κ2) is 4.51. The molecule has 1 saturated heterocycles. The minimum Gasteiger partial charge on any atom is -0.498 e. The van der Waals surface area contributed by atoms with Gasteiger partial charge in [0, 0.05) is 6.42 Å². The Balaban J connectivity index is 1.78. The van der Waals surface area contributed by atoms with Crippen molar-refractivity contribution in [3.63, 3.8) is 0 Å². The molecule has 2 rings (SSSR count). The number of rotatable bonds is 2. The summed E-state index contributed by atoms with van der Waals surface area (Å²) in [6.07, 6.45) is 6.58. The molecule has 74 valence electrons. The van der Waals surface area contributed by atoms with Crippen LogP contribution < -0.4 is 5.32 Å². The van der Waals surface area contributed by atoms with Gasteiger partial charge >= 0.3 is 0 Å². The molecule has 0 amide bonds. The molecule has 1 N–H and O–H groups in total. The maximum Gasteiger partial charge on any atom is 0.131 e. The van der Waals surface area contributed by atoms with Gasteiger partial charge in [0.25, 0.3) is 0 Å². The standard InChI is InChI=1S/C10H17NO2/c1-2-10(8-12-7-1)13-9-3-5-11-6-4-9/h8-9,11H,1-7H2. The van der Waals surface area contributed by atoms with Crippen LogP contribution in [0.15, 0.2) is 12.0 Å². The minimum atomic E-state index is 0.411. The molecular weight excluding hydrogens is 166 g/mol. The molecule has 0 saturated carbocycles. The quantitative estimate of drug-likeness (QED) is 0.702. The molecule has 0 spiro atoms. The smallest absolute Gasteiger partial charge is 0.131 e. The predicted octanol–water partition coefficient (Wildman–Crippen LogP) is 1.41. The van der Waals surface area contributed by atoms with Gasteiger partial charge in [-0.1, -0.05) is 0 Å². The second-order valence-electron chi connectivity index (χ2n) is 3.63. The summed E-state index contributed by atoms with van der Waals surface area (Å²) in [5.74, 6) is 1.04. The molecule has 2 aliphatic rings. The molecule has 2 heterocycles. The van der Waals surface area contributed by atoms with Crippen LogP contribution in [-0.2, 0) is 9.47 Å². The van der Waals surface area contributed by atoms with Crippen LogP contribution >= 0.6 is 0 Å². The highest BCUT2D eigenvalue weighted by Gasteiger charge is 2.16. The highest BCUT2D eigenvalue weighted by atomic mass is 16.5. The zero-order chi connectivity index (χ0) is 8.93. The van der Waals surface area contributed by atoms with E-state index in [1.165, 1.54) is 0 Å². The maximum absolute atomic E-state index is 5.83. The van der Waals surface area contributed by atoms with Crippen LogP contribution in [0.25, 0.3) is 0 Å². The van der Waals surface area contributed by atoms with E-state index >= 15 is 0 Å². The van der Waals surface area contributed by atoms with Gasteiger partial charge in [-0.25, -0.2) is 0 Å². The van der Waals surface area contributed by atoms with Crippen molar-refractivity contribution in [2.24, 2.45) is 0 Å². The predicted molar refractivity (Wildman–Crippen MR) is 50.2 cm³/mol. The summed E-state index contributed by atoms with van der Waals surface area (Å²) in [5.41, 5.74) is 0. The molecule has 0 radical (unpaired) electrons. The Bertz CT molecular complexity index is 185. The molecule has 0 bridgehead atoms. The van der Waals surface area contributed by atoms with E-state index in [2.05, 4.69) is 5.32 Å². The summed E-state index contributed by atoms with van der Waals surface area (Å²) in [6.45, 7) is 3.01. The average molecular weight is 183 g/mol. The van der Waals surface area contributed by atoms with Crippen LogP contribution in [0, 0.1) is 0 Å². The highest BCUT2D eigenvalue weighted by molar-refractivity contribution is 4.92. The van der Waals surface area contributed by atoms with Crippen LogP contribution in [-0.4, -0.2) is 25.8 Å². The van der Waals surface area contributed by atoms with Gasteiger partial charge in [-0.2, -0.15) is 0 Å². The van der Waals surface area contributed by atoms with Crippen LogP contribution in [0.4, 0.5) is 0 Å². The Labute approximate surface area is 79.1 Å². The van der Waals surface area contributed by atoms with Crippen molar-refractivity contribution in [1.29, 1.82) is 0 Å². The second-order valence-corrected chi connectivity index (χ2v) is 3.63. The largest absolute Gasteiger partial charge is 0.498 e. The molecule has 2 aliphatic heterocycles. The summed E-state index contributed by atoms with van der Waals surface area (Å²) in [7, 11) is 0. The van der Waals surface area contributed by atoms with Crippen molar-refractivity contribution in [1.82, 2.24) is 5.32 Å². The average Bonchev–Trinajstić information content (AvgIpc) is 2.21. The lowest BCUT2D eigenvalue weighted by atomic mass is 10.1. The summed E-state index contributed by atoms with van der Waals surface area (Å²) >= 11 is 0. The molecule has 1 fully saturated rings. The summed E-state index contributed by atoms with van der Waals surface area (Å²) in [4.78, 5) is 0. The van der Waals surface area contributed by atoms with E-state index in [-0.39, 0.29) is 0 Å². The van der Waals surface area contributed by atoms with Crippen LogP contribution in [0.2, 0.25) is 0 Å². The Hall–Kier alpha value is -0.700. The molecule has 0 unspecified atom stereocenters. The number of ether oxygens (including phenoxy) is 2. The fourth-order valence-corrected chi connectivity index (χ4v) is 1.75. The zero-order valence-electron chi connectivity index (χ0n) is 7.92. The first-order chi connectivity index (χ1) is 6.45. The van der Waals surface area contributed by atoms with E-state index < -0.39 is 0 Å². The van der Waals surface area contributed by atoms with Gasteiger partial charge in [-0.05, 0) is 32.4 Å². The molecular formula is C10H17NO2. The molecule has 0 aromatic heterocycles. The number of piperidine rings is 1. The highest BCUT2D eigenvalue weighted by Crippen LogP contribution is 2.18. The third-order valence-electron chi connectivity index (χ3n) is 2.50. The molecule has 0 aromatic carbocycles. The molecule has 0 aromatic rings. The van der Waals surface area contributed by atoms with Crippen LogP contribution in [0.1, 0.15) is 25.7 Å². The Morgan fingerprint density at radius 3 is 2.92 bits per heavy atom. The SMILES string of the molecule is C1=C(OC2CCNCC2)CCCO1. The third kappa shape index (κ3) is 2.62. The summed E-state index contributed by atoms with van der Waals surface area (Å²) < 4.78 is 11.0. The van der Waals surface area contributed by atoms with E-state index in [0.717, 1.165) is 51.1 Å². The fraction of sp³-hybridized carbons (Fsp3) is 0.800. The van der Waals surface area contributed by atoms with Gasteiger partial charge in [0.1, 0.15) is 18.1 Å². The topological polar surface area (TPSA) is 30.5 Å². The van der Waals surface area contributed by atoms with Gasteiger partial charge in [0.15, 0.2) is 0 Å². The molecule has 0 atom stereocenters. The van der Waals surface area contributed by atoms with Crippen molar-refractivity contribution in [3.05, 3.63) is 12.0 Å². The first-order valence-corrected chi connectivity index (χ1v) is 5.13. The van der Waals surface area contributed by atoms with Crippen molar-refractivity contribution in [2.75, 3.05) is 19.7 Å². The fourth-order valence-electron chi connectivity index (χ4n) is 1.75. The van der Waals surface area contributed by atoms with Gasteiger partial charge in [-0.3, -0.25) is 0 Å². The van der Waals surface area contributed by atoms with Crippen molar-refractivity contribution < 1.29 is 9.47 Å². The normalized spacial score (nSPS) is 24.8. The van der Waals surface area contributed by atoms with E-state index in [4.69, 9.17) is 9.47 Å². The molecule has 0 aliphatic carbocycles. The third-order valence-corrected chi connectivity index (χ3v) is 2.50. The zero-order valence-corrected chi connectivity index (χ0v) is 7.92. The van der Waals surface area contributed by atoms with Gasteiger partial charge in [-0.15, -0.1) is 0 Å². The van der Waals surface area contributed by atoms with Gasteiger partial charge in [0.05, 0.1) is 6.61 Å². The minimum absolute atomic E-state index is 0.411. The number of hydrogen-bond donors (Lipinski definition) is 1.